The first-order valence-corrected chi connectivity index (χ1v) is 6.83. The summed E-state index contributed by atoms with van der Waals surface area (Å²) in [6.07, 6.45) is 0. The lowest BCUT2D eigenvalue weighted by Gasteiger charge is -2.23. The highest BCUT2D eigenvalue weighted by molar-refractivity contribution is 9.10. The van der Waals surface area contributed by atoms with E-state index < -0.39 is 5.41 Å². The zero-order chi connectivity index (χ0) is 15.3. The van der Waals surface area contributed by atoms with Gasteiger partial charge in [0.1, 0.15) is 6.61 Å². The van der Waals surface area contributed by atoms with Gasteiger partial charge in [0, 0.05) is 0 Å². The van der Waals surface area contributed by atoms with Crippen LogP contribution in [0.5, 0.6) is 11.5 Å². The molecule has 6 heteroatoms. The molecule has 0 spiro atoms. The molecule has 0 unspecified atom stereocenters. The fourth-order valence-electron chi connectivity index (χ4n) is 1.59. The molecular weight excluding hydrogens is 328 g/mol. The summed E-state index contributed by atoms with van der Waals surface area (Å²) >= 11 is 3.37. The van der Waals surface area contributed by atoms with E-state index in [0.29, 0.717) is 21.5 Å². The van der Waals surface area contributed by atoms with Crippen LogP contribution in [0.25, 0.3) is 0 Å². The Kier molecular flexibility index (Phi) is 5.83. The van der Waals surface area contributed by atoms with Crippen molar-refractivity contribution in [2.24, 2.45) is 5.41 Å². The maximum Gasteiger partial charge on any atom is 0.314 e. The molecule has 0 atom stereocenters. The van der Waals surface area contributed by atoms with E-state index in [1.165, 1.54) is 14.2 Å². The SMILES string of the molecule is COC(=O)C(C)(C)COc1c(Br)cc(CO)cc1OC. The fraction of sp³-hybridized carbons (Fsp3) is 0.500. The number of esters is 1. The first-order valence-electron chi connectivity index (χ1n) is 6.04. The number of hydrogen-bond donors (Lipinski definition) is 1. The van der Waals surface area contributed by atoms with Crippen molar-refractivity contribution < 1.29 is 24.1 Å². The molecule has 0 amide bonds. The molecule has 0 aliphatic carbocycles. The number of carbonyl (C=O) groups is 1. The van der Waals surface area contributed by atoms with Crippen molar-refractivity contribution >= 4 is 21.9 Å². The van der Waals surface area contributed by atoms with Gasteiger partial charge in [0.05, 0.1) is 30.7 Å². The summed E-state index contributed by atoms with van der Waals surface area (Å²) < 4.78 is 16.3. The Morgan fingerprint density at radius 3 is 2.50 bits per heavy atom. The molecule has 0 heterocycles. The van der Waals surface area contributed by atoms with E-state index in [9.17, 15) is 4.79 Å². The topological polar surface area (TPSA) is 65.0 Å². The maximum atomic E-state index is 11.6. The quantitative estimate of drug-likeness (QED) is 0.801. The lowest BCUT2D eigenvalue weighted by atomic mass is 9.95. The third-order valence-corrected chi connectivity index (χ3v) is 3.38. The normalized spacial score (nSPS) is 11.1. The Labute approximate surface area is 127 Å². The molecule has 0 aliphatic rings. The van der Waals surface area contributed by atoms with Crippen LogP contribution in [0.2, 0.25) is 0 Å². The van der Waals surface area contributed by atoms with Gasteiger partial charge in [-0.05, 0) is 47.5 Å². The van der Waals surface area contributed by atoms with Crippen LogP contribution in [0.15, 0.2) is 16.6 Å². The van der Waals surface area contributed by atoms with Crippen LogP contribution in [0, 0.1) is 5.41 Å². The van der Waals surface area contributed by atoms with E-state index in [4.69, 9.17) is 19.3 Å². The van der Waals surface area contributed by atoms with E-state index in [1.54, 1.807) is 26.0 Å². The predicted octanol–water partition coefficient (Wildman–Crippen LogP) is 2.53. The number of aliphatic hydroxyl groups excluding tert-OH is 1. The smallest absolute Gasteiger partial charge is 0.314 e. The minimum atomic E-state index is -0.769. The summed E-state index contributed by atoms with van der Waals surface area (Å²) in [6.45, 7) is 3.53. The predicted molar refractivity (Wildman–Crippen MR) is 77.9 cm³/mol. The highest BCUT2D eigenvalue weighted by Gasteiger charge is 2.30. The largest absolute Gasteiger partial charge is 0.493 e. The molecule has 0 saturated carbocycles. The molecule has 0 radical (unpaired) electrons. The Balaban J connectivity index is 2.95. The summed E-state index contributed by atoms with van der Waals surface area (Å²) in [6, 6.07) is 3.42. The second-order valence-electron chi connectivity index (χ2n) is 4.93. The van der Waals surface area contributed by atoms with Crippen LogP contribution in [0.3, 0.4) is 0 Å². The van der Waals surface area contributed by atoms with Crippen molar-refractivity contribution in [2.75, 3.05) is 20.8 Å². The molecule has 0 bridgehead atoms. The third kappa shape index (κ3) is 3.86. The maximum absolute atomic E-state index is 11.6. The number of halogens is 1. The Morgan fingerprint density at radius 2 is 2.00 bits per heavy atom. The molecule has 20 heavy (non-hydrogen) atoms. The second kappa shape index (κ2) is 6.95. The van der Waals surface area contributed by atoms with Crippen molar-refractivity contribution in [3.63, 3.8) is 0 Å². The molecule has 0 aromatic heterocycles. The average Bonchev–Trinajstić information content (AvgIpc) is 2.43. The highest BCUT2D eigenvalue weighted by Crippen LogP contribution is 2.37. The van der Waals surface area contributed by atoms with E-state index in [1.807, 2.05) is 0 Å². The van der Waals surface area contributed by atoms with Gasteiger partial charge in [-0.1, -0.05) is 0 Å². The molecule has 0 aliphatic heterocycles. The number of methoxy groups -OCH3 is 2. The van der Waals surface area contributed by atoms with Crippen LogP contribution in [0.4, 0.5) is 0 Å². The van der Waals surface area contributed by atoms with Gasteiger partial charge in [0.2, 0.25) is 0 Å². The van der Waals surface area contributed by atoms with Gasteiger partial charge in [0.25, 0.3) is 0 Å². The van der Waals surface area contributed by atoms with E-state index in [0.717, 1.165) is 0 Å². The van der Waals surface area contributed by atoms with Crippen molar-refractivity contribution in [1.82, 2.24) is 0 Å². The van der Waals surface area contributed by atoms with Gasteiger partial charge in [-0.2, -0.15) is 0 Å². The average molecular weight is 347 g/mol. The fourth-order valence-corrected chi connectivity index (χ4v) is 2.20. The Bertz CT molecular complexity index is 485. The summed E-state index contributed by atoms with van der Waals surface area (Å²) in [5.74, 6) is 0.630. The number of ether oxygens (including phenoxy) is 3. The van der Waals surface area contributed by atoms with Crippen molar-refractivity contribution in [3.05, 3.63) is 22.2 Å². The van der Waals surface area contributed by atoms with Crippen LogP contribution in [-0.2, 0) is 16.1 Å². The molecule has 1 aromatic carbocycles. The second-order valence-corrected chi connectivity index (χ2v) is 5.79. The molecule has 1 N–H and O–H groups in total. The number of hydrogen-bond acceptors (Lipinski definition) is 5. The Morgan fingerprint density at radius 1 is 1.35 bits per heavy atom. The molecule has 5 nitrogen and oxygen atoms in total. The van der Waals surface area contributed by atoms with E-state index in [2.05, 4.69) is 15.9 Å². The van der Waals surface area contributed by atoms with Crippen molar-refractivity contribution in [2.45, 2.75) is 20.5 Å². The summed E-state index contributed by atoms with van der Waals surface area (Å²) in [4.78, 5) is 11.6. The molecule has 112 valence electrons. The van der Waals surface area contributed by atoms with Gasteiger partial charge < -0.3 is 19.3 Å². The van der Waals surface area contributed by atoms with Crippen LogP contribution in [-0.4, -0.2) is 31.9 Å². The number of rotatable bonds is 6. The summed E-state index contributed by atoms with van der Waals surface area (Å²) in [5.41, 5.74) is -0.0669. The Hall–Kier alpha value is -1.27. The van der Waals surface area contributed by atoms with Gasteiger partial charge >= 0.3 is 5.97 Å². The molecular formula is C14H19BrO5. The zero-order valence-electron chi connectivity index (χ0n) is 12.0. The third-order valence-electron chi connectivity index (χ3n) is 2.79. The van der Waals surface area contributed by atoms with Crippen molar-refractivity contribution in [3.8, 4) is 11.5 Å². The number of benzene rings is 1. The zero-order valence-corrected chi connectivity index (χ0v) is 13.6. The molecule has 0 saturated heterocycles. The number of aliphatic hydroxyl groups is 1. The lowest BCUT2D eigenvalue weighted by Crippen LogP contribution is -2.32. The van der Waals surface area contributed by atoms with Crippen LogP contribution in [0.1, 0.15) is 19.4 Å². The van der Waals surface area contributed by atoms with Crippen LogP contribution >= 0.6 is 15.9 Å². The van der Waals surface area contributed by atoms with E-state index >= 15 is 0 Å². The van der Waals surface area contributed by atoms with Gasteiger partial charge in [-0.25, -0.2) is 0 Å². The van der Waals surface area contributed by atoms with E-state index in [-0.39, 0.29) is 19.2 Å². The standard InChI is InChI=1S/C14H19BrO5/c1-14(2,13(17)19-4)8-20-12-10(15)5-9(7-16)6-11(12)18-3/h5-6,16H,7-8H2,1-4H3. The lowest BCUT2D eigenvalue weighted by molar-refractivity contribution is -0.152. The van der Waals surface area contributed by atoms with Gasteiger partial charge in [-0.15, -0.1) is 0 Å². The minimum Gasteiger partial charge on any atom is -0.493 e. The first-order chi connectivity index (χ1) is 9.35. The molecule has 0 fully saturated rings. The molecule has 1 aromatic rings. The first kappa shape index (κ1) is 16.8. The van der Waals surface area contributed by atoms with Crippen molar-refractivity contribution in [1.29, 1.82) is 0 Å². The van der Waals surface area contributed by atoms with Crippen LogP contribution < -0.4 is 9.47 Å². The monoisotopic (exact) mass is 346 g/mol. The summed E-state index contributed by atoms with van der Waals surface area (Å²) in [5, 5.41) is 9.16. The highest BCUT2D eigenvalue weighted by atomic mass is 79.9. The van der Waals surface area contributed by atoms with Gasteiger partial charge in [-0.3, -0.25) is 4.79 Å². The minimum absolute atomic E-state index is 0.0944. The molecule has 1 rings (SSSR count). The summed E-state index contributed by atoms with van der Waals surface area (Å²) in [7, 11) is 2.86. The number of carbonyl (C=O) groups excluding carboxylic acids is 1. The van der Waals surface area contributed by atoms with Gasteiger partial charge in [0.15, 0.2) is 11.5 Å².